The number of carbonyl (C=O) groups excluding carboxylic acids is 1. The van der Waals surface area contributed by atoms with Crippen LogP contribution in [0.25, 0.3) is 11.3 Å². The zero-order chi connectivity index (χ0) is 14.7. The van der Waals surface area contributed by atoms with E-state index in [-0.39, 0.29) is 11.6 Å². The van der Waals surface area contributed by atoms with Crippen LogP contribution in [0.5, 0.6) is 0 Å². The number of rotatable bonds is 3. The molecule has 0 fully saturated rings. The smallest absolute Gasteiger partial charge is 0.278 e. The molecule has 0 aliphatic heterocycles. The lowest BCUT2D eigenvalue weighted by Crippen LogP contribution is -2.16. The molecule has 0 aliphatic rings. The Kier molecular flexibility index (Phi) is 4.41. The van der Waals surface area contributed by atoms with Gasteiger partial charge in [-0.05, 0) is 24.5 Å². The molecule has 0 radical (unpaired) electrons. The Hall–Kier alpha value is -1.86. The van der Waals surface area contributed by atoms with E-state index in [1.165, 1.54) is 18.7 Å². The summed E-state index contributed by atoms with van der Waals surface area (Å²) in [5, 5.41) is 11.3. The van der Waals surface area contributed by atoms with E-state index in [0.717, 1.165) is 0 Å². The van der Waals surface area contributed by atoms with Gasteiger partial charge in [-0.3, -0.25) is 14.6 Å². The van der Waals surface area contributed by atoms with Gasteiger partial charge in [0.25, 0.3) is 5.56 Å². The Morgan fingerprint density at radius 2 is 2.15 bits per heavy atom. The number of hydrogen-bond acceptors (Lipinski definition) is 5. The predicted molar refractivity (Wildman–Crippen MR) is 79.2 cm³/mol. The number of thioether (sulfide) groups is 1. The number of hydrogen-bond donors (Lipinski definition) is 2. The number of aromatic amines is 1. The molecule has 20 heavy (non-hydrogen) atoms. The fourth-order valence-corrected chi connectivity index (χ4v) is 2.09. The summed E-state index contributed by atoms with van der Waals surface area (Å²) in [5.74, 6) is -0.251. The third-order valence-corrected chi connectivity index (χ3v) is 3.22. The summed E-state index contributed by atoms with van der Waals surface area (Å²) >= 11 is 7.22. The number of halogens is 1. The van der Waals surface area contributed by atoms with Gasteiger partial charge in [-0.25, -0.2) is 0 Å². The summed E-state index contributed by atoms with van der Waals surface area (Å²) in [7, 11) is 0. The Balaban J connectivity index is 2.59. The van der Waals surface area contributed by atoms with Gasteiger partial charge in [0.2, 0.25) is 5.91 Å². The van der Waals surface area contributed by atoms with Crippen molar-refractivity contribution in [1.29, 1.82) is 0 Å². The number of anilines is 1. The van der Waals surface area contributed by atoms with Crippen LogP contribution in [0, 0.1) is 0 Å². The van der Waals surface area contributed by atoms with E-state index in [1.807, 2.05) is 0 Å². The number of nitrogens with one attached hydrogen (secondary N) is 2. The number of benzene rings is 1. The molecule has 1 heterocycles. The van der Waals surface area contributed by atoms with Crippen molar-refractivity contribution in [3.8, 4) is 11.3 Å². The third kappa shape index (κ3) is 3.17. The molecule has 2 rings (SSSR count). The van der Waals surface area contributed by atoms with E-state index in [1.54, 1.807) is 24.5 Å². The van der Waals surface area contributed by atoms with Crippen molar-refractivity contribution in [1.82, 2.24) is 15.2 Å². The molecule has 0 bridgehead atoms. The Labute approximate surface area is 124 Å². The van der Waals surface area contributed by atoms with Crippen molar-refractivity contribution in [2.24, 2.45) is 0 Å². The summed E-state index contributed by atoms with van der Waals surface area (Å²) < 4.78 is 0. The molecule has 0 atom stereocenters. The van der Waals surface area contributed by atoms with Crippen molar-refractivity contribution in [2.45, 2.75) is 12.1 Å². The third-order valence-electron chi connectivity index (χ3n) is 2.42. The second-order valence-corrected chi connectivity index (χ2v) is 5.11. The first kappa shape index (κ1) is 14.5. The highest BCUT2D eigenvalue weighted by Gasteiger charge is 2.13. The molecule has 1 aromatic carbocycles. The van der Waals surface area contributed by atoms with Gasteiger partial charge in [0.05, 0.1) is 5.69 Å². The molecule has 1 aromatic heterocycles. The van der Waals surface area contributed by atoms with Crippen LogP contribution in [0.4, 0.5) is 5.69 Å². The van der Waals surface area contributed by atoms with Crippen molar-refractivity contribution in [3.63, 3.8) is 0 Å². The Morgan fingerprint density at radius 1 is 1.40 bits per heavy atom. The zero-order valence-electron chi connectivity index (χ0n) is 10.7. The van der Waals surface area contributed by atoms with E-state index >= 15 is 0 Å². The molecular formula is C12H11ClN4O2S. The Bertz CT molecular complexity index is 717. The summed E-state index contributed by atoms with van der Waals surface area (Å²) in [6.07, 6.45) is 1.78. The number of aromatic nitrogens is 3. The quantitative estimate of drug-likeness (QED) is 0.848. The van der Waals surface area contributed by atoms with E-state index in [4.69, 9.17) is 11.6 Å². The van der Waals surface area contributed by atoms with Crippen LogP contribution in [-0.4, -0.2) is 27.3 Å². The first-order chi connectivity index (χ1) is 9.51. The molecule has 6 nitrogen and oxygen atoms in total. The molecular weight excluding hydrogens is 300 g/mol. The lowest BCUT2D eigenvalue weighted by Gasteiger charge is -2.09. The summed E-state index contributed by atoms with van der Waals surface area (Å²) in [4.78, 5) is 25.8. The van der Waals surface area contributed by atoms with Crippen LogP contribution in [0.2, 0.25) is 5.02 Å². The van der Waals surface area contributed by atoms with Crippen LogP contribution < -0.4 is 10.9 Å². The molecule has 0 saturated heterocycles. The average Bonchev–Trinajstić information content (AvgIpc) is 2.40. The molecule has 0 aliphatic carbocycles. The summed E-state index contributed by atoms with van der Waals surface area (Å²) in [6.45, 7) is 1.38. The molecule has 8 heteroatoms. The number of amides is 1. The second kappa shape index (κ2) is 6.06. The fourth-order valence-electron chi connectivity index (χ4n) is 1.60. The van der Waals surface area contributed by atoms with Gasteiger partial charge < -0.3 is 5.32 Å². The molecule has 0 saturated carbocycles. The predicted octanol–water partition coefficient (Wildman–Crippen LogP) is 2.17. The highest BCUT2D eigenvalue weighted by Crippen LogP contribution is 2.27. The monoisotopic (exact) mass is 310 g/mol. The van der Waals surface area contributed by atoms with Gasteiger partial charge in [-0.1, -0.05) is 23.4 Å². The Morgan fingerprint density at radius 3 is 2.75 bits per heavy atom. The molecule has 104 valence electrons. The minimum atomic E-state index is -0.391. The van der Waals surface area contributed by atoms with Crippen LogP contribution in [-0.2, 0) is 4.79 Å². The highest BCUT2D eigenvalue weighted by molar-refractivity contribution is 7.98. The van der Waals surface area contributed by atoms with Crippen molar-refractivity contribution in [3.05, 3.63) is 33.6 Å². The van der Waals surface area contributed by atoms with Crippen LogP contribution in [0.3, 0.4) is 0 Å². The van der Waals surface area contributed by atoms with Crippen molar-refractivity contribution < 1.29 is 4.79 Å². The van der Waals surface area contributed by atoms with Gasteiger partial charge in [0.1, 0.15) is 0 Å². The van der Waals surface area contributed by atoms with E-state index in [2.05, 4.69) is 20.5 Å². The van der Waals surface area contributed by atoms with Gasteiger partial charge >= 0.3 is 0 Å². The largest absolute Gasteiger partial charge is 0.326 e. The lowest BCUT2D eigenvalue weighted by atomic mass is 10.1. The van der Waals surface area contributed by atoms with Gasteiger partial charge in [0.15, 0.2) is 10.9 Å². The number of carbonyl (C=O) groups is 1. The number of nitrogens with zero attached hydrogens (tertiary/aromatic N) is 2. The first-order valence-electron chi connectivity index (χ1n) is 5.59. The van der Waals surface area contributed by atoms with Gasteiger partial charge in [-0.2, -0.15) is 0 Å². The maximum Gasteiger partial charge on any atom is 0.278 e. The normalized spacial score (nSPS) is 10.3. The van der Waals surface area contributed by atoms with Crippen molar-refractivity contribution in [2.75, 3.05) is 11.6 Å². The maximum absolute atomic E-state index is 12.0. The second-order valence-electron chi connectivity index (χ2n) is 3.88. The van der Waals surface area contributed by atoms with E-state index in [9.17, 15) is 9.59 Å². The van der Waals surface area contributed by atoms with Crippen LogP contribution >= 0.6 is 23.4 Å². The SMILES string of the molecule is CSc1nnc(-c2cc(Cl)ccc2NC(C)=O)c(=O)[nH]1. The van der Waals surface area contributed by atoms with Crippen molar-refractivity contribution >= 4 is 35.0 Å². The fraction of sp³-hybridized carbons (Fsp3) is 0.167. The standard InChI is InChI=1S/C12H11ClN4O2S/c1-6(18)14-9-4-3-7(13)5-8(9)10-11(19)15-12(20-2)17-16-10/h3-5H,1-2H3,(H,14,18)(H,15,17,19). The average molecular weight is 311 g/mol. The van der Waals surface area contributed by atoms with Gasteiger partial charge in [0, 0.05) is 17.5 Å². The first-order valence-corrected chi connectivity index (χ1v) is 7.20. The zero-order valence-corrected chi connectivity index (χ0v) is 12.3. The van der Waals surface area contributed by atoms with Crippen LogP contribution in [0.15, 0.2) is 28.2 Å². The highest BCUT2D eigenvalue weighted by atomic mass is 35.5. The number of H-pyrrole nitrogens is 1. The van der Waals surface area contributed by atoms with Gasteiger partial charge in [-0.15, -0.1) is 10.2 Å². The van der Waals surface area contributed by atoms with Crippen LogP contribution in [0.1, 0.15) is 6.92 Å². The minimum absolute atomic E-state index is 0.106. The van der Waals surface area contributed by atoms with E-state index in [0.29, 0.717) is 21.4 Å². The molecule has 2 aromatic rings. The lowest BCUT2D eigenvalue weighted by molar-refractivity contribution is -0.114. The minimum Gasteiger partial charge on any atom is -0.326 e. The molecule has 0 unspecified atom stereocenters. The topological polar surface area (TPSA) is 87.7 Å². The molecule has 0 spiro atoms. The van der Waals surface area contributed by atoms with E-state index < -0.39 is 5.56 Å². The summed E-state index contributed by atoms with van der Waals surface area (Å²) in [6, 6.07) is 4.79. The molecule has 2 N–H and O–H groups in total. The maximum atomic E-state index is 12.0. The molecule has 1 amide bonds. The summed E-state index contributed by atoms with van der Waals surface area (Å²) in [5.41, 5.74) is 0.597.